The van der Waals surface area contributed by atoms with Crippen LogP contribution >= 0.6 is 11.8 Å². The maximum atomic E-state index is 4.12. The van der Waals surface area contributed by atoms with Crippen molar-refractivity contribution in [1.29, 1.82) is 0 Å². The normalized spacial score (nSPS) is 13.1. The van der Waals surface area contributed by atoms with E-state index in [9.17, 15) is 0 Å². The molecule has 15 heavy (non-hydrogen) atoms. The lowest BCUT2D eigenvalue weighted by atomic mass is 10.3. The van der Waals surface area contributed by atoms with Crippen LogP contribution in [0, 0.1) is 6.92 Å². The highest BCUT2D eigenvalue weighted by Crippen LogP contribution is 2.15. The molecule has 1 aromatic heterocycles. The monoisotopic (exact) mass is 228 g/mol. The van der Waals surface area contributed by atoms with Crippen molar-refractivity contribution in [2.24, 2.45) is 7.05 Å². The summed E-state index contributed by atoms with van der Waals surface area (Å²) in [5.74, 6) is 2.00. The fraction of sp³-hybridized carbons (Fsp3) is 0.800. The Labute approximate surface area is 95.9 Å². The highest BCUT2D eigenvalue weighted by Gasteiger charge is 2.07. The summed E-state index contributed by atoms with van der Waals surface area (Å²) < 4.78 is 2.03. The van der Waals surface area contributed by atoms with Gasteiger partial charge in [0.25, 0.3) is 0 Å². The molecule has 5 heteroatoms. The van der Waals surface area contributed by atoms with Crippen molar-refractivity contribution in [3.63, 3.8) is 0 Å². The van der Waals surface area contributed by atoms with E-state index < -0.39 is 0 Å². The lowest BCUT2D eigenvalue weighted by Gasteiger charge is -2.11. The summed E-state index contributed by atoms with van der Waals surface area (Å²) in [4.78, 5) is 0. The molecule has 0 aliphatic carbocycles. The maximum Gasteiger partial charge on any atom is 0.190 e. The van der Waals surface area contributed by atoms with E-state index in [-0.39, 0.29) is 0 Å². The summed E-state index contributed by atoms with van der Waals surface area (Å²) >= 11 is 1.75. The van der Waals surface area contributed by atoms with Crippen LogP contribution in [0.25, 0.3) is 0 Å². The summed E-state index contributed by atoms with van der Waals surface area (Å²) in [6.45, 7) is 7.43. The van der Waals surface area contributed by atoms with E-state index in [1.165, 1.54) is 6.42 Å². The smallest absolute Gasteiger partial charge is 0.190 e. The summed E-state index contributed by atoms with van der Waals surface area (Å²) in [6, 6.07) is 0.520. The van der Waals surface area contributed by atoms with Crippen LogP contribution in [-0.2, 0) is 7.05 Å². The van der Waals surface area contributed by atoms with Crippen molar-refractivity contribution < 1.29 is 0 Å². The van der Waals surface area contributed by atoms with E-state index in [0.29, 0.717) is 6.04 Å². The molecule has 1 N–H and O–H groups in total. The van der Waals surface area contributed by atoms with Gasteiger partial charge in [0, 0.05) is 18.8 Å². The topological polar surface area (TPSA) is 42.7 Å². The first kappa shape index (κ1) is 12.5. The number of hydrogen-bond acceptors (Lipinski definition) is 4. The van der Waals surface area contributed by atoms with Crippen molar-refractivity contribution in [3.8, 4) is 0 Å². The van der Waals surface area contributed by atoms with Gasteiger partial charge >= 0.3 is 0 Å². The average Bonchev–Trinajstić information content (AvgIpc) is 2.54. The zero-order valence-electron chi connectivity index (χ0n) is 9.95. The summed E-state index contributed by atoms with van der Waals surface area (Å²) in [7, 11) is 2.00. The third-order valence-electron chi connectivity index (χ3n) is 2.26. The number of aryl methyl sites for hydroxylation is 1. The Balaban J connectivity index is 2.33. The molecule has 0 spiro atoms. The molecule has 0 aliphatic rings. The first-order valence-corrected chi connectivity index (χ1v) is 6.35. The number of nitrogens with one attached hydrogen (secondary N) is 1. The molecule has 1 heterocycles. The van der Waals surface area contributed by atoms with E-state index >= 15 is 0 Å². The van der Waals surface area contributed by atoms with Gasteiger partial charge in [-0.25, -0.2) is 0 Å². The molecule has 1 rings (SSSR count). The van der Waals surface area contributed by atoms with Crippen molar-refractivity contribution >= 4 is 11.8 Å². The molecule has 0 amide bonds. The molecule has 4 nitrogen and oxygen atoms in total. The number of rotatable bonds is 6. The molecule has 0 aromatic carbocycles. The van der Waals surface area contributed by atoms with Crippen LogP contribution in [0.2, 0.25) is 0 Å². The van der Waals surface area contributed by atoms with Crippen molar-refractivity contribution in [3.05, 3.63) is 5.82 Å². The lowest BCUT2D eigenvalue weighted by molar-refractivity contribution is 0.589. The van der Waals surface area contributed by atoms with Crippen LogP contribution in [0.3, 0.4) is 0 Å². The SMILES string of the molecule is CCCNC(C)CSc1nnc(C)n1C. The fourth-order valence-electron chi connectivity index (χ4n) is 1.16. The molecular formula is C10H20N4S. The van der Waals surface area contributed by atoms with Gasteiger partial charge in [-0.05, 0) is 26.8 Å². The first-order chi connectivity index (χ1) is 7.15. The van der Waals surface area contributed by atoms with Crippen molar-refractivity contribution in [2.45, 2.75) is 38.4 Å². The average molecular weight is 228 g/mol. The summed E-state index contributed by atoms with van der Waals surface area (Å²) in [6.07, 6.45) is 1.18. The second-order valence-corrected chi connectivity index (χ2v) is 4.74. The van der Waals surface area contributed by atoms with Crippen LogP contribution in [0.5, 0.6) is 0 Å². The van der Waals surface area contributed by atoms with Crippen molar-refractivity contribution in [1.82, 2.24) is 20.1 Å². The summed E-state index contributed by atoms with van der Waals surface area (Å²) in [5.41, 5.74) is 0. The molecular weight excluding hydrogens is 208 g/mol. The second kappa shape index (κ2) is 6.12. The first-order valence-electron chi connectivity index (χ1n) is 5.37. The Morgan fingerprint density at radius 2 is 2.20 bits per heavy atom. The zero-order valence-corrected chi connectivity index (χ0v) is 10.8. The fourth-order valence-corrected chi connectivity index (χ4v) is 2.10. The lowest BCUT2D eigenvalue weighted by Crippen LogP contribution is -2.28. The molecule has 86 valence electrons. The quantitative estimate of drug-likeness (QED) is 0.751. The van der Waals surface area contributed by atoms with E-state index in [2.05, 4.69) is 29.4 Å². The molecule has 0 saturated heterocycles. The van der Waals surface area contributed by atoms with Crippen LogP contribution in [0.4, 0.5) is 0 Å². The Bertz CT molecular complexity index is 298. The minimum absolute atomic E-state index is 0.520. The molecule has 0 aliphatic heterocycles. The molecule has 0 fully saturated rings. The van der Waals surface area contributed by atoms with Gasteiger partial charge in [0.1, 0.15) is 5.82 Å². The number of aromatic nitrogens is 3. The van der Waals surface area contributed by atoms with E-state index in [1.54, 1.807) is 11.8 Å². The standard InChI is InChI=1S/C10H20N4S/c1-5-6-11-8(2)7-15-10-13-12-9(3)14(10)4/h8,11H,5-7H2,1-4H3. The Kier molecular flexibility index (Phi) is 5.11. The van der Waals surface area contributed by atoms with Crippen LogP contribution in [0.15, 0.2) is 5.16 Å². The number of hydrogen-bond donors (Lipinski definition) is 1. The van der Waals surface area contributed by atoms with Gasteiger partial charge in [-0.2, -0.15) is 0 Å². The molecule has 1 unspecified atom stereocenters. The Hall–Kier alpha value is -0.550. The predicted molar refractivity (Wildman–Crippen MR) is 64.2 cm³/mol. The van der Waals surface area contributed by atoms with Crippen LogP contribution < -0.4 is 5.32 Å². The highest BCUT2D eigenvalue weighted by atomic mass is 32.2. The van der Waals surface area contributed by atoms with E-state index in [0.717, 1.165) is 23.3 Å². The largest absolute Gasteiger partial charge is 0.313 e. The predicted octanol–water partition coefficient (Wildman–Crippen LogP) is 1.60. The molecule has 1 atom stereocenters. The Morgan fingerprint density at radius 1 is 1.47 bits per heavy atom. The molecule has 1 aromatic rings. The minimum atomic E-state index is 0.520. The minimum Gasteiger partial charge on any atom is -0.313 e. The molecule has 0 radical (unpaired) electrons. The second-order valence-electron chi connectivity index (χ2n) is 3.75. The van der Waals surface area contributed by atoms with Gasteiger partial charge in [-0.1, -0.05) is 18.7 Å². The van der Waals surface area contributed by atoms with Crippen molar-refractivity contribution in [2.75, 3.05) is 12.3 Å². The van der Waals surface area contributed by atoms with Gasteiger partial charge in [-0.3, -0.25) is 0 Å². The van der Waals surface area contributed by atoms with Gasteiger partial charge in [0.15, 0.2) is 5.16 Å². The van der Waals surface area contributed by atoms with Gasteiger partial charge < -0.3 is 9.88 Å². The molecule has 0 bridgehead atoms. The highest BCUT2D eigenvalue weighted by molar-refractivity contribution is 7.99. The van der Waals surface area contributed by atoms with Crippen LogP contribution in [-0.4, -0.2) is 33.1 Å². The van der Waals surface area contributed by atoms with Gasteiger partial charge in [0.2, 0.25) is 0 Å². The van der Waals surface area contributed by atoms with E-state index in [4.69, 9.17) is 0 Å². The Morgan fingerprint density at radius 3 is 2.73 bits per heavy atom. The van der Waals surface area contributed by atoms with Gasteiger partial charge in [-0.15, -0.1) is 10.2 Å². The zero-order chi connectivity index (χ0) is 11.3. The number of thioether (sulfide) groups is 1. The maximum absolute atomic E-state index is 4.12. The summed E-state index contributed by atoms with van der Waals surface area (Å²) in [5, 5.41) is 12.6. The van der Waals surface area contributed by atoms with Crippen LogP contribution in [0.1, 0.15) is 26.1 Å². The third-order valence-corrected chi connectivity index (χ3v) is 3.54. The third kappa shape index (κ3) is 3.83. The number of nitrogens with zero attached hydrogens (tertiary/aromatic N) is 3. The van der Waals surface area contributed by atoms with E-state index in [1.807, 2.05) is 18.5 Å². The van der Waals surface area contributed by atoms with Gasteiger partial charge in [0.05, 0.1) is 0 Å². The molecule has 0 saturated carbocycles.